The van der Waals surface area contributed by atoms with E-state index in [2.05, 4.69) is 6.58 Å². The molecule has 0 aliphatic rings. The molecule has 0 radical (unpaired) electrons. The molecule has 0 unspecified atom stereocenters. The quantitative estimate of drug-likeness (QED) is 0.193. The molecule has 0 fully saturated rings. The maximum absolute atomic E-state index is 10.8. The van der Waals surface area contributed by atoms with Crippen molar-refractivity contribution in [3.05, 3.63) is 12.7 Å². The van der Waals surface area contributed by atoms with Crippen molar-refractivity contribution in [1.29, 1.82) is 0 Å². The number of carbonyl (C=O) groups excluding carboxylic acids is 1. The number of carbonyl (C=O) groups is 1. The molecule has 0 rings (SSSR count). The van der Waals surface area contributed by atoms with Crippen LogP contribution in [0.4, 0.5) is 0 Å². The monoisotopic (exact) mass is 293 g/mol. The van der Waals surface area contributed by atoms with Crippen molar-refractivity contribution in [2.75, 3.05) is 39.5 Å². The van der Waals surface area contributed by atoms with E-state index < -0.39 is 16.1 Å². The van der Waals surface area contributed by atoms with Crippen LogP contribution in [-0.4, -0.2) is 63.0 Å². The van der Waals surface area contributed by atoms with Crippen molar-refractivity contribution in [3.8, 4) is 0 Å². The van der Waals surface area contributed by atoms with Crippen LogP contribution in [0.3, 0.4) is 0 Å². The SMILES string of the molecule is C=CC(=O)OCCCC[N+](C)(C)CCCS(=O)(=O)[O-]. The number of ether oxygens (including phenoxy) is 1. The van der Waals surface area contributed by atoms with E-state index in [9.17, 15) is 17.8 Å². The Morgan fingerprint density at radius 3 is 2.37 bits per heavy atom. The van der Waals surface area contributed by atoms with Crippen LogP contribution in [0.15, 0.2) is 12.7 Å². The summed E-state index contributed by atoms with van der Waals surface area (Å²) >= 11 is 0. The van der Waals surface area contributed by atoms with Gasteiger partial charge in [0, 0.05) is 18.2 Å². The minimum Gasteiger partial charge on any atom is -0.748 e. The molecule has 0 heterocycles. The number of unbranched alkanes of at least 4 members (excludes halogenated alkanes) is 1. The predicted molar refractivity (Wildman–Crippen MR) is 71.4 cm³/mol. The molecule has 112 valence electrons. The summed E-state index contributed by atoms with van der Waals surface area (Å²) in [4.78, 5) is 10.8. The lowest BCUT2D eigenvalue weighted by Gasteiger charge is -2.30. The zero-order valence-electron chi connectivity index (χ0n) is 11.6. The van der Waals surface area contributed by atoms with Crippen LogP contribution in [0, 0.1) is 0 Å². The van der Waals surface area contributed by atoms with Gasteiger partial charge in [-0.1, -0.05) is 6.58 Å². The van der Waals surface area contributed by atoms with Crippen molar-refractivity contribution in [3.63, 3.8) is 0 Å². The van der Waals surface area contributed by atoms with Gasteiger partial charge in [-0.15, -0.1) is 0 Å². The van der Waals surface area contributed by atoms with E-state index in [1.165, 1.54) is 0 Å². The lowest BCUT2D eigenvalue weighted by Crippen LogP contribution is -2.41. The van der Waals surface area contributed by atoms with Gasteiger partial charge in [-0.05, 0) is 12.8 Å². The van der Waals surface area contributed by atoms with Crippen molar-refractivity contribution in [1.82, 2.24) is 0 Å². The fourth-order valence-corrected chi connectivity index (χ4v) is 2.14. The fourth-order valence-electron chi connectivity index (χ4n) is 1.65. The Morgan fingerprint density at radius 2 is 1.84 bits per heavy atom. The summed E-state index contributed by atoms with van der Waals surface area (Å²) in [7, 11) is -0.156. The predicted octanol–water partition coefficient (Wildman–Crippen LogP) is 0.508. The Bertz CT molecular complexity index is 389. The van der Waals surface area contributed by atoms with Gasteiger partial charge in [0.05, 0.1) is 43.9 Å². The highest BCUT2D eigenvalue weighted by Crippen LogP contribution is 2.04. The van der Waals surface area contributed by atoms with E-state index in [0.29, 0.717) is 24.1 Å². The second kappa shape index (κ2) is 8.29. The van der Waals surface area contributed by atoms with Crippen LogP contribution < -0.4 is 0 Å². The molecule has 0 atom stereocenters. The number of nitrogens with zero attached hydrogens (tertiary/aromatic N) is 1. The van der Waals surface area contributed by atoms with E-state index in [1.807, 2.05) is 14.1 Å². The lowest BCUT2D eigenvalue weighted by molar-refractivity contribution is -0.890. The molecule has 0 aliphatic carbocycles. The van der Waals surface area contributed by atoms with E-state index in [4.69, 9.17) is 4.74 Å². The summed E-state index contributed by atoms with van der Waals surface area (Å²) in [6, 6.07) is 0. The van der Waals surface area contributed by atoms with E-state index in [0.717, 1.165) is 25.5 Å². The van der Waals surface area contributed by atoms with Gasteiger partial charge in [0.2, 0.25) is 0 Å². The molecule has 0 saturated carbocycles. The minimum absolute atomic E-state index is 0.314. The second-order valence-corrected chi connectivity index (χ2v) is 6.60. The highest BCUT2D eigenvalue weighted by molar-refractivity contribution is 7.85. The molecule has 0 aromatic heterocycles. The summed E-state index contributed by atoms with van der Waals surface area (Å²) in [5.74, 6) is -0.736. The van der Waals surface area contributed by atoms with E-state index in [1.54, 1.807) is 0 Å². The fraction of sp³-hybridized carbons (Fsp3) is 0.750. The molecule has 0 aliphatic heterocycles. The normalized spacial score (nSPS) is 12.2. The van der Waals surface area contributed by atoms with Crippen LogP contribution in [0.25, 0.3) is 0 Å². The summed E-state index contributed by atoms with van der Waals surface area (Å²) < 4.78 is 37.0. The Hall–Kier alpha value is -0.920. The van der Waals surface area contributed by atoms with Crippen LogP contribution in [0.2, 0.25) is 0 Å². The van der Waals surface area contributed by atoms with Gasteiger partial charge >= 0.3 is 5.97 Å². The Labute approximate surface area is 115 Å². The van der Waals surface area contributed by atoms with Gasteiger partial charge in [-0.3, -0.25) is 0 Å². The standard InChI is InChI=1S/C12H23NO5S/c1-4-12(14)18-10-6-5-8-13(2,3)9-7-11-19(15,16)17/h4H,1,5-11H2,2-3H3. The first-order valence-electron chi connectivity index (χ1n) is 6.21. The van der Waals surface area contributed by atoms with Crippen LogP contribution in [-0.2, 0) is 19.6 Å². The van der Waals surface area contributed by atoms with Gasteiger partial charge in [-0.25, -0.2) is 13.2 Å². The van der Waals surface area contributed by atoms with Crippen molar-refractivity contribution in [2.45, 2.75) is 19.3 Å². The average Bonchev–Trinajstić information content (AvgIpc) is 2.25. The van der Waals surface area contributed by atoms with Gasteiger partial charge in [0.15, 0.2) is 0 Å². The molecular formula is C12H23NO5S. The Kier molecular flexibility index (Phi) is 7.89. The molecular weight excluding hydrogens is 270 g/mol. The van der Waals surface area contributed by atoms with Gasteiger partial charge in [0.1, 0.15) is 0 Å². The third kappa shape index (κ3) is 11.9. The van der Waals surface area contributed by atoms with Crippen molar-refractivity contribution < 1.29 is 27.0 Å². The zero-order chi connectivity index (χ0) is 14.9. The molecule has 0 amide bonds. The third-order valence-corrected chi connectivity index (χ3v) is 3.52. The first kappa shape index (κ1) is 18.1. The summed E-state index contributed by atoms with van der Waals surface area (Å²) in [5.41, 5.74) is 0. The molecule has 0 spiro atoms. The number of quaternary nitrogens is 1. The first-order valence-corrected chi connectivity index (χ1v) is 7.79. The van der Waals surface area contributed by atoms with Crippen molar-refractivity contribution >= 4 is 16.1 Å². The van der Waals surface area contributed by atoms with Crippen LogP contribution in [0.5, 0.6) is 0 Å². The van der Waals surface area contributed by atoms with Gasteiger partial charge in [0.25, 0.3) is 0 Å². The molecule has 0 saturated heterocycles. The minimum atomic E-state index is -4.12. The maximum Gasteiger partial charge on any atom is 0.330 e. The van der Waals surface area contributed by atoms with E-state index >= 15 is 0 Å². The number of hydrogen-bond donors (Lipinski definition) is 0. The topological polar surface area (TPSA) is 83.5 Å². The Balaban J connectivity index is 3.73. The molecule has 0 aromatic carbocycles. The van der Waals surface area contributed by atoms with Gasteiger partial charge < -0.3 is 13.8 Å². The average molecular weight is 293 g/mol. The first-order chi connectivity index (χ1) is 8.66. The third-order valence-electron chi connectivity index (χ3n) is 2.73. The van der Waals surface area contributed by atoms with Crippen molar-refractivity contribution in [2.24, 2.45) is 0 Å². The van der Waals surface area contributed by atoms with Gasteiger partial charge in [-0.2, -0.15) is 0 Å². The smallest absolute Gasteiger partial charge is 0.330 e. The van der Waals surface area contributed by atoms with Crippen LogP contribution >= 0.6 is 0 Å². The molecule has 0 bridgehead atoms. The molecule has 6 nitrogen and oxygen atoms in total. The maximum atomic E-state index is 10.8. The Morgan fingerprint density at radius 1 is 1.26 bits per heavy atom. The highest BCUT2D eigenvalue weighted by atomic mass is 32.2. The number of esters is 1. The number of hydrogen-bond acceptors (Lipinski definition) is 5. The number of rotatable bonds is 10. The zero-order valence-corrected chi connectivity index (χ0v) is 12.4. The van der Waals surface area contributed by atoms with Crippen LogP contribution in [0.1, 0.15) is 19.3 Å². The van der Waals surface area contributed by atoms with E-state index in [-0.39, 0.29) is 5.75 Å². The molecule has 0 aromatic rings. The highest BCUT2D eigenvalue weighted by Gasteiger charge is 2.14. The summed E-state index contributed by atoms with van der Waals surface area (Å²) in [6.45, 7) is 5.13. The second-order valence-electron chi connectivity index (χ2n) is 5.08. The molecule has 7 heteroatoms. The summed E-state index contributed by atoms with van der Waals surface area (Å²) in [5, 5.41) is 0. The summed E-state index contributed by atoms with van der Waals surface area (Å²) in [6.07, 6.45) is 3.11. The molecule has 19 heavy (non-hydrogen) atoms. The largest absolute Gasteiger partial charge is 0.748 e. The molecule has 0 N–H and O–H groups in total. The lowest BCUT2D eigenvalue weighted by atomic mass is 10.2.